The smallest absolute Gasteiger partial charge is 0.339 e. The van der Waals surface area contributed by atoms with Gasteiger partial charge in [0.15, 0.2) is 0 Å². The summed E-state index contributed by atoms with van der Waals surface area (Å²) in [5.74, 6) is -1.55. The van der Waals surface area contributed by atoms with Crippen molar-refractivity contribution in [2.75, 3.05) is 5.32 Å². The fourth-order valence-corrected chi connectivity index (χ4v) is 2.92. The number of carbonyl (C=O) groups excluding carboxylic acids is 1. The van der Waals surface area contributed by atoms with E-state index in [0.29, 0.717) is 16.1 Å². The topological polar surface area (TPSA) is 105 Å². The Balaban J connectivity index is 1.96. The van der Waals surface area contributed by atoms with Gasteiger partial charge in [0.1, 0.15) is 5.56 Å². The minimum Gasteiger partial charge on any atom is -0.478 e. The Morgan fingerprint density at radius 1 is 1.09 bits per heavy atom. The first kappa shape index (κ1) is 14.8. The predicted octanol–water partition coefficient (Wildman–Crippen LogP) is 2.55. The van der Waals surface area contributed by atoms with Crippen LogP contribution in [0.5, 0.6) is 0 Å². The van der Waals surface area contributed by atoms with Gasteiger partial charge in [0.2, 0.25) is 0 Å². The molecule has 3 aromatic rings. The fourth-order valence-electron chi connectivity index (χ4n) is 1.96. The number of nitrogens with one attached hydrogen (secondary N) is 1. The van der Waals surface area contributed by atoms with Crippen LogP contribution in [-0.4, -0.2) is 31.9 Å². The summed E-state index contributed by atoms with van der Waals surface area (Å²) in [7, 11) is 0. The summed E-state index contributed by atoms with van der Waals surface area (Å²) in [5, 5.41) is 13.7. The van der Waals surface area contributed by atoms with Gasteiger partial charge in [-0.25, -0.2) is 4.79 Å². The highest BCUT2D eigenvalue weighted by atomic mass is 32.1. The van der Waals surface area contributed by atoms with Crippen molar-refractivity contribution in [3.8, 4) is 10.6 Å². The van der Waals surface area contributed by atoms with Crippen LogP contribution >= 0.6 is 11.3 Å². The van der Waals surface area contributed by atoms with E-state index < -0.39 is 11.9 Å². The van der Waals surface area contributed by atoms with Crippen molar-refractivity contribution in [1.29, 1.82) is 0 Å². The number of anilines is 1. The normalized spacial score (nSPS) is 10.3. The Bertz CT molecular complexity index is 850. The van der Waals surface area contributed by atoms with E-state index in [9.17, 15) is 14.7 Å². The number of hydrogen-bond acceptors (Lipinski definition) is 6. The van der Waals surface area contributed by atoms with Gasteiger partial charge in [-0.3, -0.25) is 19.7 Å². The summed E-state index contributed by atoms with van der Waals surface area (Å²) in [6.45, 7) is 0. The summed E-state index contributed by atoms with van der Waals surface area (Å²) in [6, 6.07) is 3.09. The maximum atomic E-state index is 12.2. The van der Waals surface area contributed by atoms with Crippen LogP contribution < -0.4 is 5.32 Å². The van der Waals surface area contributed by atoms with Crippen LogP contribution in [0.25, 0.3) is 10.6 Å². The lowest BCUT2D eigenvalue weighted by Gasteiger charge is -2.05. The molecule has 0 unspecified atom stereocenters. The van der Waals surface area contributed by atoms with Gasteiger partial charge in [0.05, 0.1) is 22.5 Å². The highest BCUT2D eigenvalue weighted by Gasteiger charge is 2.22. The maximum absolute atomic E-state index is 12.2. The number of aromatic nitrogens is 3. The molecule has 2 N–H and O–H groups in total. The Kier molecular flexibility index (Phi) is 4.07. The van der Waals surface area contributed by atoms with Crippen molar-refractivity contribution >= 4 is 28.9 Å². The number of thiophene rings is 1. The molecule has 3 rings (SSSR count). The third kappa shape index (κ3) is 3.06. The fraction of sp³-hybridized carbons (Fsp3) is 0. The van der Waals surface area contributed by atoms with Crippen LogP contribution in [0, 0.1) is 0 Å². The summed E-state index contributed by atoms with van der Waals surface area (Å²) < 4.78 is 0. The number of carboxylic acids is 1. The summed E-state index contributed by atoms with van der Waals surface area (Å²) in [5.41, 5.74) is 1.06. The van der Waals surface area contributed by atoms with E-state index >= 15 is 0 Å². The molecule has 0 saturated carbocycles. The molecule has 0 saturated heterocycles. The Morgan fingerprint density at radius 2 is 1.87 bits per heavy atom. The zero-order chi connectivity index (χ0) is 16.2. The van der Waals surface area contributed by atoms with Crippen LogP contribution in [0.1, 0.15) is 20.7 Å². The molecule has 0 bridgehead atoms. The van der Waals surface area contributed by atoms with Gasteiger partial charge in [0, 0.05) is 35.7 Å². The number of aromatic carboxylic acids is 1. The monoisotopic (exact) mass is 326 g/mol. The SMILES string of the molecule is O=C(Nc1csc(-c2cnccn2)c1C(=O)O)c1ccncc1. The van der Waals surface area contributed by atoms with Gasteiger partial charge in [-0.15, -0.1) is 11.3 Å². The predicted molar refractivity (Wildman–Crippen MR) is 84.5 cm³/mol. The van der Waals surface area contributed by atoms with E-state index in [2.05, 4.69) is 20.3 Å². The molecule has 1 amide bonds. The molecule has 0 aliphatic rings. The first-order valence-corrected chi connectivity index (χ1v) is 7.37. The lowest BCUT2D eigenvalue weighted by Crippen LogP contribution is -2.14. The molecule has 114 valence electrons. The van der Waals surface area contributed by atoms with Crippen molar-refractivity contribution in [1.82, 2.24) is 15.0 Å². The molecule has 0 fully saturated rings. The first-order chi connectivity index (χ1) is 11.2. The van der Waals surface area contributed by atoms with Gasteiger partial charge in [-0.2, -0.15) is 0 Å². The molecule has 0 radical (unpaired) electrons. The van der Waals surface area contributed by atoms with E-state index in [0.717, 1.165) is 0 Å². The van der Waals surface area contributed by atoms with E-state index in [1.807, 2.05) is 0 Å². The molecule has 23 heavy (non-hydrogen) atoms. The maximum Gasteiger partial charge on any atom is 0.339 e. The molecular weight excluding hydrogens is 316 g/mol. The number of nitrogens with zero attached hydrogens (tertiary/aromatic N) is 3. The van der Waals surface area contributed by atoms with Crippen LogP contribution in [0.2, 0.25) is 0 Å². The zero-order valence-electron chi connectivity index (χ0n) is 11.6. The zero-order valence-corrected chi connectivity index (χ0v) is 12.4. The average Bonchev–Trinajstić information content (AvgIpc) is 3.00. The first-order valence-electron chi connectivity index (χ1n) is 6.49. The molecule has 8 heteroatoms. The van der Waals surface area contributed by atoms with Gasteiger partial charge in [-0.05, 0) is 12.1 Å². The number of carbonyl (C=O) groups is 2. The van der Waals surface area contributed by atoms with Crippen LogP contribution in [0.3, 0.4) is 0 Å². The van der Waals surface area contributed by atoms with Crippen LogP contribution in [-0.2, 0) is 0 Å². The number of hydrogen-bond donors (Lipinski definition) is 2. The average molecular weight is 326 g/mol. The minimum atomic E-state index is -1.14. The molecule has 3 aromatic heterocycles. The highest BCUT2D eigenvalue weighted by molar-refractivity contribution is 7.14. The molecule has 0 aliphatic carbocycles. The Hall–Kier alpha value is -3.13. The second-order valence-corrected chi connectivity index (χ2v) is 5.32. The van der Waals surface area contributed by atoms with Crippen molar-refractivity contribution in [3.63, 3.8) is 0 Å². The number of carboxylic acid groups (broad SMARTS) is 1. The minimum absolute atomic E-state index is 0.00194. The summed E-state index contributed by atoms with van der Waals surface area (Å²) in [4.78, 5) is 36.1. The Morgan fingerprint density at radius 3 is 2.52 bits per heavy atom. The lowest BCUT2D eigenvalue weighted by atomic mass is 10.1. The quantitative estimate of drug-likeness (QED) is 0.763. The molecule has 0 aliphatic heterocycles. The highest BCUT2D eigenvalue weighted by Crippen LogP contribution is 2.34. The van der Waals surface area contributed by atoms with Crippen molar-refractivity contribution in [3.05, 3.63) is 59.6 Å². The number of rotatable bonds is 4. The molecule has 0 aromatic carbocycles. The summed E-state index contributed by atoms with van der Waals surface area (Å²) >= 11 is 1.18. The molecule has 7 nitrogen and oxygen atoms in total. The molecule has 3 heterocycles. The second kappa shape index (κ2) is 6.32. The van der Waals surface area contributed by atoms with Crippen molar-refractivity contribution in [2.24, 2.45) is 0 Å². The molecule has 0 spiro atoms. The Labute approximate surface area is 134 Å². The van der Waals surface area contributed by atoms with E-state index in [4.69, 9.17) is 0 Å². The number of pyridine rings is 1. The largest absolute Gasteiger partial charge is 0.478 e. The third-order valence-corrected chi connectivity index (χ3v) is 3.99. The number of amides is 1. The lowest BCUT2D eigenvalue weighted by molar-refractivity contribution is 0.0699. The standard InChI is InChI=1S/C15H10N4O3S/c20-14(9-1-3-16-4-2-9)19-11-8-23-13(12(11)15(21)22)10-7-17-5-6-18-10/h1-8H,(H,19,20)(H,21,22). The van der Waals surface area contributed by atoms with E-state index in [1.165, 1.54) is 42.3 Å². The van der Waals surface area contributed by atoms with E-state index in [1.54, 1.807) is 17.5 Å². The third-order valence-electron chi connectivity index (χ3n) is 2.99. The van der Waals surface area contributed by atoms with E-state index in [-0.39, 0.29) is 11.3 Å². The van der Waals surface area contributed by atoms with Crippen LogP contribution in [0.15, 0.2) is 48.5 Å². The van der Waals surface area contributed by atoms with Gasteiger partial charge >= 0.3 is 5.97 Å². The molecular formula is C15H10N4O3S. The summed E-state index contributed by atoms with van der Waals surface area (Å²) in [6.07, 6.45) is 7.45. The van der Waals surface area contributed by atoms with Gasteiger partial charge in [0.25, 0.3) is 5.91 Å². The van der Waals surface area contributed by atoms with Crippen molar-refractivity contribution in [2.45, 2.75) is 0 Å². The molecule has 0 atom stereocenters. The second-order valence-electron chi connectivity index (χ2n) is 4.44. The van der Waals surface area contributed by atoms with Gasteiger partial charge in [-0.1, -0.05) is 0 Å². The van der Waals surface area contributed by atoms with Crippen molar-refractivity contribution < 1.29 is 14.7 Å². The van der Waals surface area contributed by atoms with Crippen LogP contribution in [0.4, 0.5) is 5.69 Å². The van der Waals surface area contributed by atoms with Gasteiger partial charge < -0.3 is 10.4 Å².